The number of rotatable bonds is 8. The molecular weight excluding hydrogens is 496 g/mol. The molecule has 5 rings (SSSR count). The zero-order valence-corrected chi connectivity index (χ0v) is 24.4. The van der Waals surface area contributed by atoms with Gasteiger partial charge in [0.05, 0.1) is 5.52 Å². The van der Waals surface area contributed by atoms with E-state index in [0.717, 1.165) is 17.4 Å². The Balaban J connectivity index is 1.60. The summed E-state index contributed by atoms with van der Waals surface area (Å²) in [5.41, 5.74) is 2.04. The summed E-state index contributed by atoms with van der Waals surface area (Å²) in [6.45, 7) is 11.8. The van der Waals surface area contributed by atoms with E-state index in [1.165, 1.54) is 10.4 Å². The fraction of sp³-hybridized carbons (Fsp3) is 0.235. The third kappa shape index (κ3) is 5.07. The highest BCUT2D eigenvalue weighted by Crippen LogP contribution is 2.38. The molecule has 0 bridgehead atoms. The number of benzene rings is 4. The van der Waals surface area contributed by atoms with Crippen LogP contribution in [0.4, 0.5) is 0 Å². The van der Waals surface area contributed by atoms with Gasteiger partial charge in [0.2, 0.25) is 5.78 Å². The molecule has 1 aromatic heterocycles. The summed E-state index contributed by atoms with van der Waals surface area (Å²) in [5.74, 6) is 1.02. The zero-order valence-electron chi connectivity index (χ0n) is 23.4. The van der Waals surface area contributed by atoms with E-state index in [2.05, 4.69) is 83.1 Å². The van der Waals surface area contributed by atoms with Gasteiger partial charge in [-0.05, 0) is 39.5 Å². The highest BCUT2D eigenvalue weighted by molar-refractivity contribution is 7.00. The Morgan fingerprint density at radius 1 is 0.821 bits per heavy atom. The molecule has 0 aliphatic rings. The van der Waals surface area contributed by atoms with Gasteiger partial charge in [0.25, 0.3) is 0 Å². The molecule has 0 fully saturated rings. The maximum atomic E-state index is 13.9. The Bertz CT molecular complexity index is 1540. The Hall–Kier alpha value is -3.96. The minimum Gasteiger partial charge on any atom is -0.534 e. The second-order valence-corrected chi connectivity index (χ2v) is 15.8. The Morgan fingerprint density at radius 2 is 1.41 bits per heavy atom. The number of hydrogen-bond acceptors (Lipinski definition) is 3. The van der Waals surface area contributed by atoms with Gasteiger partial charge in [0.15, 0.2) is 0 Å². The van der Waals surface area contributed by atoms with Crippen LogP contribution in [0.5, 0.6) is 5.75 Å². The van der Waals surface area contributed by atoms with Gasteiger partial charge in [0, 0.05) is 17.5 Å². The van der Waals surface area contributed by atoms with E-state index in [-0.39, 0.29) is 10.8 Å². The average molecular weight is 533 g/mol. The van der Waals surface area contributed by atoms with Crippen molar-refractivity contribution in [3.05, 3.63) is 120 Å². The number of carbonyl (C=O) groups excluding carboxylic acids is 1. The van der Waals surface area contributed by atoms with Crippen molar-refractivity contribution in [1.82, 2.24) is 9.78 Å². The minimum absolute atomic E-state index is 0.0957. The van der Waals surface area contributed by atoms with E-state index >= 15 is 0 Å². The van der Waals surface area contributed by atoms with Crippen molar-refractivity contribution in [1.29, 1.82) is 0 Å². The third-order valence-corrected chi connectivity index (χ3v) is 12.1. The van der Waals surface area contributed by atoms with Crippen LogP contribution in [0.15, 0.2) is 109 Å². The van der Waals surface area contributed by atoms with Crippen molar-refractivity contribution < 1.29 is 9.22 Å². The maximum absolute atomic E-state index is 13.9. The van der Waals surface area contributed by atoms with Crippen LogP contribution in [0.1, 0.15) is 50.7 Å². The summed E-state index contributed by atoms with van der Waals surface area (Å²) in [5, 5.41) is 7.86. The topological polar surface area (TPSA) is 44.1 Å². The molecule has 0 aliphatic carbocycles. The number of fused-ring (bicyclic) bond motifs is 1. The fourth-order valence-corrected chi connectivity index (χ4v) is 9.86. The lowest BCUT2D eigenvalue weighted by Gasteiger charge is -2.43. The number of aromatic nitrogens is 2. The molecule has 0 amide bonds. The van der Waals surface area contributed by atoms with E-state index in [0.29, 0.717) is 22.9 Å². The van der Waals surface area contributed by atoms with Crippen LogP contribution < -0.4 is 14.8 Å². The summed E-state index contributed by atoms with van der Waals surface area (Å²) in [6, 6.07) is 36.7. The van der Waals surface area contributed by atoms with E-state index in [9.17, 15) is 4.79 Å². The lowest BCUT2D eigenvalue weighted by molar-refractivity contribution is 0.103. The summed E-state index contributed by atoms with van der Waals surface area (Å²) in [4.78, 5) is 13.9. The second kappa shape index (κ2) is 10.7. The molecule has 0 saturated heterocycles. The van der Waals surface area contributed by atoms with Crippen molar-refractivity contribution in [2.75, 3.05) is 0 Å². The van der Waals surface area contributed by atoms with Crippen LogP contribution in [0.25, 0.3) is 10.9 Å². The predicted molar refractivity (Wildman–Crippen MR) is 163 cm³/mol. The smallest absolute Gasteiger partial charge is 0.319 e. The molecule has 5 heteroatoms. The molecule has 5 aromatic rings. The largest absolute Gasteiger partial charge is 0.534 e. The first-order chi connectivity index (χ1) is 18.7. The summed E-state index contributed by atoms with van der Waals surface area (Å²) in [7, 11) is -2.82. The fourth-order valence-electron chi connectivity index (χ4n) is 5.44. The van der Waals surface area contributed by atoms with Crippen LogP contribution in [0.3, 0.4) is 0 Å². The van der Waals surface area contributed by atoms with E-state index in [1.807, 2.05) is 65.3 Å². The summed E-state index contributed by atoms with van der Waals surface area (Å²) >= 11 is 0. The van der Waals surface area contributed by atoms with Crippen molar-refractivity contribution in [2.24, 2.45) is 5.92 Å². The zero-order chi connectivity index (χ0) is 27.6. The summed E-state index contributed by atoms with van der Waals surface area (Å²) < 4.78 is 9.13. The molecule has 1 heterocycles. The van der Waals surface area contributed by atoms with Gasteiger partial charge in [-0.25, -0.2) is 0 Å². The van der Waals surface area contributed by atoms with Crippen LogP contribution in [-0.4, -0.2) is 23.9 Å². The van der Waals surface area contributed by atoms with Gasteiger partial charge in [-0.15, -0.1) is 0 Å². The third-order valence-electron chi connectivity index (χ3n) is 7.20. The molecule has 0 radical (unpaired) electrons. The average Bonchev–Trinajstić information content (AvgIpc) is 3.29. The molecule has 198 valence electrons. The molecule has 0 aliphatic heterocycles. The molecule has 0 unspecified atom stereocenters. The van der Waals surface area contributed by atoms with Crippen molar-refractivity contribution in [2.45, 2.75) is 46.2 Å². The van der Waals surface area contributed by atoms with Gasteiger partial charge < -0.3 is 4.43 Å². The number of para-hydroxylation sites is 1. The molecule has 0 atom stereocenters. The van der Waals surface area contributed by atoms with Gasteiger partial charge in [0.1, 0.15) is 11.4 Å². The van der Waals surface area contributed by atoms with Gasteiger partial charge in [-0.3, -0.25) is 9.48 Å². The van der Waals surface area contributed by atoms with Gasteiger partial charge in [-0.2, -0.15) is 5.10 Å². The minimum atomic E-state index is -2.82. The van der Waals surface area contributed by atoms with Crippen molar-refractivity contribution in [3.63, 3.8) is 0 Å². The highest BCUT2D eigenvalue weighted by Gasteiger charge is 2.52. The number of hydrogen-bond donors (Lipinski definition) is 0. The molecule has 0 spiro atoms. The number of carbonyl (C=O) groups is 1. The standard InChI is InChI=1S/C34H36N2O2Si/c1-25(2)24-36-31-22-13-12-21-30(31)32(35-36)33(37)26-15-14-16-27(23-26)38-39(34(3,4)5,28-17-8-6-9-18-28)29-19-10-7-11-20-29/h6-23,25H,24H2,1-5H3. The summed E-state index contributed by atoms with van der Waals surface area (Å²) in [6.07, 6.45) is 0. The molecular formula is C34H36N2O2Si. The second-order valence-electron chi connectivity index (χ2n) is 11.6. The molecule has 4 aromatic carbocycles. The lowest BCUT2D eigenvalue weighted by Crippen LogP contribution is -2.68. The number of nitrogens with zero attached hydrogens (tertiary/aromatic N) is 2. The van der Waals surface area contributed by atoms with Crippen LogP contribution in [-0.2, 0) is 6.54 Å². The van der Waals surface area contributed by atoms with E-state index in [1.54, 1.807) is 0 Å². The van der Waals surface area contributed by atoms with E-state index in [4.69, 9.17) is 9.52 Å². The van der Waals surface area contributed by atoms with Crippen molar-refractivity contribution in [3.8, 4) is 5.75 Å². The van der Waals surface area contributed by atoms with Crippen LogP contribution in [0.2, 0.25) is 5.04 Å². The Labute approximate surface area is 232 Å². The first-order valence-electron chi connectivity index (χ1n) is 13.6. The molecule has 39 heavy (non-hydrogen) atoms. The van der Waals surface area contributed by atoms with Crippen LogP contribution in [0, 0.1) is 5.92 Å². The first kappa shape index (κ1) is 26.6. The first-order valence-corrected chi connectivity index (χ1v) is 15.5. The Kier molecular flexibility index (Phi) is 7.28. The van der Waals surface area contributed by atoms with Crippen molar-refractivity contribution >= 4 is 35.4 Å². The molecule has 0 N–H and O–H groups in total. The highest BCUT2D eigenvalue weighted by atomic mass is 28.4. The monoisotopic (exact) mass is 532 g/mol. The Morgan fingerprint density at radius 3 is 2.00 bits per heavy atom. The quantitative estimate of drug-likeness (QED) is 0.162. The molecule has 0 saturated carbocycles. The normalized spacial score (nSPS) is 12.2. The SMILES string of the molecule is CC(C)Cn1nc(C(=O)c2cccc(O[Si](c3ccccc3)(c3ccccc3)C(C)(C)C)c2)c2ccccc21. The van der Waals surface area contributed by atoms with Gasteiger partial charge in [-0.1, -0.05) is 126 Å². The van der Waals surface area contributed by atoms with E-state index < -0.39 is 8.32 Å². The maximum Gasteiger partial charge on any atom is 0.319 e. The molecule has 4 nitrogen and oxygen atoms in total. The predicted octanol–water partition coefficient (Wildman–Crippen LogP) is 6.86. The lowest BCUT2D eigenvalue weighted by atomic mass is 10.1. The van der Waals surface area contributed by atoms with Gasteiger partial charge >= 0.3 is 8.32 Å². The number of ketones is 1. The van der Waals surface area contributed by atoms with Crippen LogP contribution >= 0.6 is 0 Å².